The van der Waals surface area contributed by atoms with Crippen LogP contribution in [0, 0.1) is 5.92 Å². The molecule has 1 heterocycles. The lowest BCUT2D eigenvalue weighted by molar-refractivity contribution is 0.257. The summed E-state index contributed by atoms with van der Waals surface area (Å²) < 4.78 is 0.971. The first kappa shape index (κ1) is 20.1. The third kappa shape index (κ3) is 4.80. The molecule has 0 aromatic heterocycles. The minimum Gasteiger partial charge on any atom is -0.508 e. The van der Waals surface area contributed by atoms with Crippen molar-refractivity contribution in [2.24, 2.45) is 10.9 Å². The van der Waals surface area contributed by atoms with E-state index in [1.165, 1.54) is 11.1 Å². The molecule has 0 spiro atoms. The van der Waals surface area contributed by atoms with Crippen LogP contribution in [0.25, 0.3) is 0 Å². The molecule has 0 amide bonds. The van der Waals surface area contributed by atoms with Crippen molar-refractivity contribution < 1.29 is 5.11 Å². The van der Waals surface area contributed by atoms with E-state index in [4.69, 9.17) is 4.99 Å². The van der Waals surface area contributed by atoms with Gasteiger partial charge in [-0.1, -0.05) is 61.0 Å². The average Bonchev–Trinajstić information content (AvgIpc) is 2.62. The second kappa shape index (κ2) is 8.15. The molecule has 1 aliphatic rings. The average molecular weight is 429 g/mol. The Morgan fingerprint density at radius 1 is 1.22 bits per heavy atom. The van der Waals surface area contributed by atoms with Gasteiger partial charge in [0, 0.05) is 28.2 Å². The Balaban J connectivity index is 2.01. The summed E-state index contributed by atoms with van der Waals surface area (Å²) in [5, 5.41) is 14.2. The van der Waals surface area contributed by atoms with Crippen molar-refractivity contribution in [1.29, 1.82) is 0 Å². The zero-order valence-electron chi connectivity index (χ0n) is 16.6. The van der Waals surface area contributed by atoms with Crippen molar-refractivity contribution in [3.63, 3.8) is 0 Å². The lowest BCUT2D eigenvalue weighted by atomic mass is 9.89. The fraction of sp³-hybridized carbons (Fsp3) is 0.435. The van der Waals surface area contributed by atoms with E-state index in [1.807, 2.05) is 12.1 Å². The van der Waals surface area contributed by atoms with Gasteiger partial charge in [-0.05, 0) is 55.0 Å². The van der Waals surface area contributed by atoms with Gasteiger partial charge in [0.1, 0.15) is 11.4 Å². The molecular weight excluding hydrogens is 400 g/mol. The number of phenolic OH excluding ortho intramolecular Hbond substituents is 1. The highest BCUT2D eigenvalue weighted by Gasteiger charge is 2.35. The molecular formula is C23H29BrN2O. The highest BCUT2D eigenvalue weighted by atomic mass is 79.9. The Morgan fingerprint density at radius 3 is 2.56 bits per heavy atom. The second-order valence-electron chi connectivity index (χ2n) is 8.08. The summed E-state index contributed by atoms with van der Waals surface area (Å²) in [6.07, 6.45) is 2.73. The van der Waals surface area contributed by atoms with Gasteiger partial charge in [0.25, 0.3) is 0 Å². The van der Waals surface area contributed by atoms with Crippen molar-refractivity contribution in [2.75, 3.05) is 0 Å². The first-order chi connectivity index (χ1) is 12.8. The van der Waals surface area contributed by atoms with Gasteiger partial charge in [-0.2, -0.15) is 0 Å². The number of phenols is 1. The number of hydrogen-bond acceptors (Lipinski definition) is 3. The number of aliphatic imine (C=N–C) groups is 1. The Labute approximate surface area is 171 Å². The number of rotatable bonds is 5. The smallest absolute Gasteiger partial charge is 0.120 e. The zero-order valence-corrected chi connectivity index (χ0v) is 18.2. The lowest BCUT2D eigenvalue weighted by Gasteiger charge is -2.39. The Bertz CT molecular complexity index is 829. The largest absolute Gasteiger partial charge is 0.508 e. The minimum absolute atomic E-state index is 0.0181. The van der Waals surface area contributed by atoms with Crippen LogP contribution in [0.3, 0.4) is 0 Å². The summed E-state index contributed by atoms with van der Waals surface area (Å²) in [6, 6.07) is 14.4. The molecule has 0 bridgehead atoms. The summed E-state index contributed by atoms with van der Waals surface area (Å²) >= 11 is 3.54. The Kier molecular flexibility index (Phi) is 6.07. The topological polar surface area (TPSA) is 44.6 Å². The maximum Gasteiger partial charge on any atom is 0.120 e. The van der Waals surface area contributed by atoms with Gasteiger partial charge in [-0.3, -0.25) is 10.3 Å². The maximum absolute atomic E-state index is 10.5. The van der Waals surface area contributed by atoms with E-state index in [1.54, 1.807) is 6.07 Å². The lowest BCUT2D eigenvalue weighted by Crippen LogP contribution is -2.48. The van der Waals surface area contributed by atoms with E-state index >= 15 is 0 Å². The predicted molar refractivity (Wildman–Crippen MR) is 117 cm³/mol. The van der Waals surface area contributed by atoms with Crippen LogP contribution in [0.5, 0.6) is 5.75 Å². The van der Waals surface area contributed by atoms with Gasteiger partial charge in [0.2, 0.25) is 0 Å². The van der Waals surface area contributed by atoms with E-state index in [0.717, 1.165) is 35.0 Å². The van der Waals surface area contributed by atoms with Crippen LogP contribution in [0.4, 0.5) is 0 Å². The van der Waals surface area contributed by atoms with Gasteiger partial charge in [-0.25, -0.2) is 0 Å². The quantitative estimate of drug-likeness (QED) is 0.612. The summed E-state index contributed by atoms with van der Waals surface area (Å²) in [7, 11) is 0. The van der Waals surface area contributed by atoms with E-state index in [-0.39, 0.29) is 11.7 Å². The molecule has 2 atom stereocenters. The molecule has 3 rings (SSSR count). The molecule has 27 heavy (non-hydrogen) atoms. The molecule has 0 saturated carbocycles. The normalized spacial score (nSPS) is 22.7. The van der Waals surface area contributed by atoms with E-state index < -0.39 is 0 Å². The second-order valence-corrected chi connectivity index (χ2v) is 9.00. The number of nitrogens with one attached hydrogen (secondary N) is 1. The molecule has 2 aromatic carbocycles. The first-order valence-corrected chi connectivity index (χ1v) is 10.5. The predicted octanol–water partition coefficient (Wildman–Crippen LogP) is 6.00. The van der Waals surface area contributed by atoms with Crippen LogP contribution in [0.1, 0.15) is 63.3 Å². The number of halogens is 1. The number of hydrogen-bond donors (Lipinski definition) is 2. The van der Waals surface area contributed by atoms with Crippen LogP contribution < -0.4 is 5.32 Å². The molecule has 144 valence electrons. The van der Waals surface area contributed by atoms with Crippen molar-refractivity contribution in [1.82, 2.24) is 5.32 Å². The van der Waals surface area contributed by atoms with Crippen molar-refractivity contribution in [2.45, 2.75) is 58.7 Å². The molecule has 1 aliphatic heterocycles. The molecule has 4 heteroatoms. The van der Waals surface area contributed by atoms with Gasteiger partial charge in [0.15, 0.2) is 0 Å². The van der Waals surface area contributed by atoms with Crippen LogP contribution in [-0.2, 0) is 6.42 Å². The number of aromatic hydroxyl groups is 1. The summed E-state index contributed by atoms with van der Waals surface area (Å²) in [4.78, 5) is 5.12. The standard InChI is InChI=1S/C23H29BrN2O/c1-5-16-6-8-17(9-7-16)20-13-21(19-12-18(24)10-11-22(19)27)26-23(4,25-20)14-15(2)3/h6-12,15,21,26-27H,5,13-14H2,1-4H3/t21-,23-/m0/s1. The Morgan fingerprint density at radius 2 is 1.93 bits per heavy atom. The zero-order chi connectivity index (χ0) is 19.6. The summed E-state index contributed by atoms with van der Waals surface area (Å²) in [5.41, 5.74) is 4.16. The third-order valence-corrected chi connectivity index (χ3v) is 5.62. The number of aryl methyl sites for hydroxylation is 1. The van der Waals surface area contributed by atoms with Gasteiger partial charge < -0.3 is 5.11 Å². The third-order valence-electron chi connectivity index (χ3n) is 5.13. The van der Waals surface area contributed by atoms with Crippen LogP contribution >= 0.6 is 15.9 Å². The molecule has 0 fully saturated rings. The van der Waals surface area contributed by atoms with Crippen LogP contribution in [-0.4, -0.2) is 16.5 Å². The molecule has 2 N–H and O–H groups in total. The minimum atomic E-state index is -0.357. The van der Waals surface area contributed by atoms with Crippen molar-refractivity contribution >= 4 is 21.6 Å². The van der Waals surface area contributed by atoms with E-state index in [0.29, 0.717) is 11.7 Å². The van der Waals surface area contributed by atoms with E-state index in [9.17, 15) is 5.11 Å². The van der Waals surface area contributed by atoms with Crippen LogP contribution in [0.2, 0.25) is 0 Å². The summed E-state index contributed by atoms with van der Waals surface area (Å²) in [5.74, 6) is 0.843. The van der Waals surface area contributed by atoms with E-state index in [2.05, 4.69) is 73.2 Å². The van der Waals surface area contributed by atoms with Gasteiger partial charge in [-0.15, -0.1) is 0 Å². The molecule has 3 nitrogen and oxygen atoms in total. The first-order valence-electron chi connectivity index (χ1n) is 9.74. The molecule has 2 aromatic rings. The highest BCUT2D eigenvalue weighted by molar-refractivity contribution is 9.10. The number of benzene rings is 2. The van der Waals surface area contributed by atoms with Crippen LogP contribution in [0.15, 0.2) is 51.9 Å². The van der Waals surface area contributed by atoms with Crippen molar-refractivity contribution in [3.05, 3.63) is 63.6 Å². The summed E-state index contributed by atoms with van der Waals surface area (Å²) in [6.45, 7) is 8.77. The highest BCUT2D eigenvalue weighted by Crippen LogP contribution is 2.36. The fourth-order valence-electron chi connectivity index (χ4n) is 4.00. The SMILES string of the molecule is CCc1ccc(C2=N[C@](C)(CC(C)C)N[C@H](c3cc(Br)ccc3O)C2)cc1. The molecule has 0 unspecified atom stereocenters. The van der Waals surface area contributed by atoms with Gasteiger partial charge >= 0.3 is 0 Å². The van der Waals surface area contributed by atoms with Gasteiger partial charge in [0.05, 0.1) is 0 Å². The molecule has 0 saturated heterocycles. The monoisotopic (exact) mass is 428 g/mol. The molecule has 0 aliphatic carbocycles. The Hall–Kier alpha value is -1.65. The fourth-order valence-corrected chi connectivity index (χ4v) is 4.38. The maximum atomic E-state index is 10.5. The molecule has 0 radical (unpaired) electrons. The number of nitrogens with zero attached hydrogens (tertiary/aromatic N) is 1. The van der Waals surface area contributed by atoms with Crippen molar-refractivity contribution in [3.8, 4) is 5.75 Å².